The first kappa shape index (κ1) is 15.7. The smallest absolute Gasteiger partial charge is 0.303 e. The first-order chi connectivity index (χ1) is 11.6. The number of rotatable bonds is 5. The summed E-state index contributed by atoms with van der Waals surface area (Å²) in [4.78, 5) is 23.8. The van der Waals surface area contributed by atoms with Crippen LogP contribution in [0.3, 0.4) is 0 Å². The minimum absolute atomic E-state index is 0.0559. The number of nitrogens with zero attached hydrogens (tertiary/aromatic N) is 1. The van der Waals surface area contributed by atoms with Gasteiger partial charge in [0.15, 0.2) is 0 Å². The van der Waals surface area contributed by atoms with Crippen molar-refractivity contribution in [3.05, 3.63) is 78.0 Å². The monoisotopic (exact) mass is 319 g/mol. The molecule has 0 aliphatic carbocycles. The normalized spacial score (nSPS) is 10.7. The van der Waals surface area contributed by atoms with Crippen LogP contribution in [0.25, 0.3) is 17.0 Å². The zero-order chi connectivity index (χ0) is 17.1. The highest BCUT2D eigenvalue weighted by molar-refractivity contribution is 6.04. The minimum Gasteiger partial charge on any atom is -0.481 e. The molecule has 1 N–H and O–H groups in total. The Hall–Kier alpha value is -3.14. The summed E-state index contributed by atoms with van der Waals surface area (Å²) in [6, 6.07) is 16.6. The second-order valence-corrected chi connectivity index (χ2v) is 5.52. The number of carbonyl (C=O) groups is 2. The fourth-order valence-corrected chi connectivity index (χ4v) is 2.86. The summed E-state index contributed by atoms with van der Waals surface area (Å²) in [6.45, 7) is 3.80. The average Bonchev–Trinajstić information content (AvgIpc) is 2.99. The summed E-state index contributed by atoms with van der Waals surface area (Å²) in [7, 11) is 0. The summed E-state index contributed by atoms with van der Waals surface area (Å²) in [5.41, 5.74) is 2.97. The van der Waals surface area contributed by atoms with E-state index in [0.29, 0.717) is 17.7 Å². The first-order valence-corrected chi connectivity index (χ1v) is 7.69. The SMILES string of the molecule is C=Cc1cc2c(CCC(=O)O)cccc2n1C(=O)c1ccccc1. The molecule has 0 atom stereocenters. The van der Waals surface area contributed by atoms with Gasteiger partial charge in [-0.2, -0.15) is 0 Å². The number of carboxylic acid groups (broad SMARTS) is 1. The van der Waals surface area contributed by atoms with Gasteiger partial charge in [0, 0.05) is 23.1 Å². The lowest BCUT2D eigenvalue weighted by molar-refractivity contribution is -0.136. The van der Waals surface area contributed by atoms with Gasteiger partial charge in [-0.3, -0.25) is 14.2 Å². The molecule has 1 aromatic heterocycles. The van der Waals surface area contributed by atoms with Gasteiger partial charge in [0.2, 0.25) is 0 Å². The molecule has 0 spiro atoms. The maximum Gasteiger partial charge on any atom is 0.303 e. The highest BCUT2D eigenvalue weighted by Gasteiger charge is 2.17. The largest absolute Gasteiger partial charge is 0.481 e. The van der Waals surface area contributed by atoms with Crippen LogP contribution >= 0.6 is 0 Å². The number of aromatic nitrogens is 1. The molecule has 0 radical (unpaired) electrons. The Bertz CT molecular complexity index is 923. The van der Waals surface area contributed by atoms with Gasteiger partial charge in [-0.25, -0.2) is 0 Å². The molecule has 0 amide bonds. The van der Waals surface area contributed by atoms with Crippen molar-refractivity contribution in [2.75, 3.05) is 0 Å². The standard InChI is InChI=1S/C20H17NO3/c1-2-16-13-17-14(11-12-19(22)23)9-6-10-18(17)21(16)20(24)15-7-4-3-5-8-15/h2-10,13H,1,11-12H2,(H,22,23). The molecule has 1 heterocycles. The van der Waals surface area contributed by atoms with E-state index in [9.17, 15) is 9.59 Å². The summed E-state index contributed by atoms with van der Waals surface area (Å²) >= 11 is 0. The van der Waals surface area contributed by atoms with Gasteiger partial charge < -0.3 is 5.11 Å². The Kier molecular flexibility index (Phi) is 4.29. The molecular formula is C20H17NO3. The van der Waals surface area contributed by atoms with E-state index in [1.54, 1.807) is 22.8 Å². The maximum absolute atomic E-state index is 12.9. The Morgan fingerprint density at radius 3 is 2.50 bits per heavy atom. The van der Waals surface area contributed by atoms with Crippen LogP contribution in [0.15, 0.2) is 61.2 Å². The second-order valence-electron chi connectivity index (χ2n) is 5.52. The van der Waals surface area contributed by atoms with Crippen molar-refractivity contribution in [1.29, 1.82) is 0 Å². The molecule has 0 bridgehead atoms. The average molecular weight is 319 g/mol. The zero-order valence-electron chi connectivity index (χ0n) is 13.1. The van der Waals surface area contributed by atoms with Gasteiger partial charge in [0.1, 0.15) is 0 Å². The lowest BCUT2D eigenvalue weighted by Crippen LogP contribution is -2.13. The van der Waals surface area contributed by atoms with Gasteiger partial charge in [-0.1, -0.05) is 36.9 Å². The van der Waals surface area contributed by atoms with E-state index in [1.807, 2.05) is 42.5 Å². The van der Waals surface area contributed by atoms with Crippen LogP contribution in [-0.2, 0) is 11.2 Å². The first-order valence-electron chi connectivity index (χ1n) is 7.69. The van der Waals surface area contributed by atoms with E-state index in [-0.39, 0.29) is 12.3 Å². The summed E-state index contributed by atoms with van der Waals surface area (Å²) in [5.74, 6) is -0.966. The predicted octanol–water partition coefficient (Wildman–Crippen LogP) is 3.99. The number of aliphatic carboxylic acids is 1. The van der Waals surface area contributed by atoms with Crippen molar-refractivity contribution >= 4 is 28.9 Å². The van der Waals surface area contributed by atoms with Crippen molar-refractivity contribution in [1.82, 2.24) is 4.57 Å². The van der Waals surface area contributed by atoms with Crippen molar-refractivity contribution in [2.45, 2.75) is 12.8 Å². The van der Waals surface area contributed by atoms with E-state index in [4.69, 9.17) is 5.11 Å². The number of carbonyl (C=O) groups excluding carboxylic acids is 1. The Balaban J connectivity index is 2.14. The summed E-state index contributed by atoms with van der Waals surface area (Å²) in [5, 5.41) is 9.80. The number of aryl methyl sites for hydroxylation is 1. The molecule has 0 aliphatic rings. The minimum atomic E-state index is -0.837. The van der Waals surface area contributed by atoms with Crippen molar-refractivity contribution in [3.63, 3.8) is 0 Å². The quantitative estimate of drug-likeness (QED) is 0.773. The van der Waals surface area contributed by atoms with Crippen LogP contribution in [-0.4, -0.2) is 21.6 Å². The van der Waals surface area contributed by atoms with Crippen LogP contribution in [0.1, 0.15) is 28.0 Å². The van der Waals surface area contributed by atoms with E-state index in [0.717, 1.165) is 16.5 Å². The molecule has 0 fully saturated rings. The summed E-state index contributed by atoms with van der Waals surface area (Å²) in [6.07, 6.45) is 2.12. The molecule has 4 nitrogen and oxygen atoms in total. The molecule has 0 aliphatic heterocycles. The Morgan fingerprint density at radius 2 is 1.83 bits per heavy atom. The van der Waals surface area contributed by atoms with Gasteiger partial charge in [0.25, 0.3) is 5.91 Å². The van der Waals surface area contributed by atoms with E-state index in [1.165, 1.54) is 0 Å². The Labute approximate surface area is 139 Å². The third kappa shape index (κ3) is 2.86. The number of benzene rings is 2. The third-order valence-electron chi connectivity index (χ3n) is 4.01. The number of carboxylic acids is 1. The van der Waals surface area contributed by atoms with E-state index < -0.39 is 5.97 Å². The van der Waals surface area contributed by atoms with Crippen molar-refractivity contribution in [2.24, 2.45) is 0 Å². The van der Waals surface area contributed by atoms with Crippen LogP contribution < -0.4 is 0 Å². The highest BCUT2D eigenvalue weighted by atomic mass is 16.4. The topological polar surface area (TPSA) is 59.3 Å². The van der Waals surface area contributed by atoms with Crippen LogP contribution in [0.2, 0.25) is 0 Å². The van der Waals surface area contributed by atoms with Gasteiger partial charge in [-0.05, 0) is 42.3 Å². The molecular weight excluding hydrogens is 302 g/mol. The zero-order valence-corrected chi connectivity index (χ0v) is 13.1. The lowest BCUT2D eigenvalue weighted by Gasteiger charge is -2.08. The van der Waals surface area contributed by atoms with Crippen LogP contribution in [0.5, 0.6) is 0 Å². The number of hydrogen-bond acceptors (Lipinski definition) is 2. The molecule has 0 saturated carbocycles. The maximum atomic E-state index is 12.9. The molecule has 0 unspecified atom stereocenters. The fourth-order valence-electron chi connectivity index (χ4n) is 2.86. The van der Waals surface area contributed by atoms with Gasteiger partial charge in [-0.15, -0.1) is 0 Å². The van der Waals surface area contributed by atoms with Crippen molar-refractivity contribution in [3.8, 4) is 0 Å². The molecule has 0 saturated heterocycles. The molecule has 4 heteroatoms. The molecule has 120 valence electrons. The molecule has 2 aromatic carbocycles. The second kappa shape index (κ2) is 6.54. The molecule has 3 aromatic rings. The summed E-state index contributed by atoms with van der Waals surface area (Å²) < 4.78 is 1.63. The highest BCUT2D eigenvalue weighted by Crippen LogP contribution is 2.26. The van der Waals surface area contributed by atoms with E-state index in [2.05, 4.69) is 6.58 Å². The van der Waals surface area contributed by atoms with E-state index >= 15 is 0 Å². The van der Waals surface area contributed by atoms with Crippen molar-refractivity contribution < 1.29 is 14.7 Å². The van der Waals surface area contributed by atoms with Gasteiger partial charge >= 0.3 is 5.97 Å². The fraction of sp³-hybridized carbons (Fsp3) is 0.100. The van der Waals surface area contributed by atoms with Gasteiger partial charge in [0.05, 0.1) is 5.52 Å². The number of hydrogen-bond donors (Lipinski definition) is 1. The van der Waals surface area contributed by atoms with Crippen LogP contribution in [0, 0.1) is 0 Å². The molecule has 24 heavy (non-hydrogen) atoms. The lowest BCUT2D eigenvalue weighted by atomic mass is 10.1. The van der Waals surface area contributed by atoms with Crippen LogP contribution in [0.4, 0.5) is 0 Å². The number of fused-ring (bicyclic) bond motifs is 1. The molecule has 3 rings (SSSR count). The third-order valence-corrected chi connectivity index (χ3v) is 4.01. The Morgan fingerprint density at radius 1 is 1.08 bits per heavy atom. The predicted molar refractivity (Wildman–Crippen MR) is 94.2 cm³/mol.